The molecule has 27 heavy (non-hydrogen) atoms. The van der Waals surface area contributed by atoms with E-state index in [4.69, 9.17) is 4.74 Å². The van der Waals surface area contributed by atoms with Gasteiger partial charge in [0.05, 0.1) is 11.6 Å². The standard InChI is InChI=1S/C15H16F2N6O3S/c1-8(6-19-27(2,24)25)20-13-10-7-18-15(21-14(10)23-22-13)26-12-4-3-9(16)5-11(12)17/h3-5,7-8,19H,6H2,1-2H3,(H2,18,20,21,22,23). The average molecular weight is 398 g/mol. The quantitative estimate of drug-likeness (QED) is 0.554. The van der Waals surface area contributed by atoms with Gasteiger partial charge in [0.2, 0.25) is 10.0 Å². The molecule has 2 aromatic heterocycles. The fourth-order valence-corrected chi connectivity index (χ4v) is 2.72. The van der Waals surface area contributed by atoms with Gasteiger partial charge in [-0.3, -0.25) is 5.10 Å². The molecule has 9 nitrogen and oxygen atoms in total. The second kappa shape index (κ2) is 7.40. The van der Waals surface area contributed by atoms with E-state index < -0.39 is 21.7 Å². The third-order valence-corrected chi connectivity index (χ3v) is 4.12. The molecule has 12 heteroatoms. The summed E-state index contributed by atoms with van der Waals surface area (Å²) in [6.07, 6.45) is 2.49. The summed E-state index contributed by atoms with van der Waals surface area (Å²) in [6, 6.07) is 2.48. The van der Waals surface area contributed by atoms with Gasteiger partial charge >= 0.3 is 6.01 Å². The summed E-state index contributed by atoms with van der Waals surface area (Å²) in [5, 5.41) is 10.3. The van der Waals surface area contributed by atoms with Crippen LogP contribution in [0.15, 0.2) is 24.4 Å². The topological polar surface area (TPSA) is 122 Å². The molecule has 0 aliphatic rings. The second-order valence-corrected chi connectivity index (χ2v) is 7.66. The van der Waals surface area contributed by atoms with Crippen molar-refractivity contribution < 1.29 is 21.9 Å². The molecule has 0 spiro atoms. The molecule has 0 saturated heterocycles. The van der Waals surface area contributed by atoms with Crippen molar-refractivity contribution in [3.63, 3.8) is 0 Å². The Morgan fingerprint density at radius 2 is 2.11 bits per heavy atom. The van der Waals surface area contributed by atoms with Gasteiger partial charge < -0.3 is 10.1 Å². The van der Waals surface area contributed by atoms with Crippen molar-refractivity contribution in [3.8, 4) is 11.8 Å². The van der Waals surface area contributed by atoms with Crippen LogP contribution in [0.1, 0.15) is 6.92 Å². The fourth-order valence-electron chi connectivity index (χ4n) is 2.17. The van der Waals surface area contributed by atoms with E-state index in [9.17, 15) is 17.2 Å². The average Bonchev–Trinajstić information content (AvgIpc) is 2.97. The van der Waals surface area contributed by atoms with Crippen molar-refractivity contribution in [1.29, 1.82) is 0 Å². The highest BCUT2D eigenvalue weighted by Crippen LogP contribution is 2.25. The van der Waals surface area contributed by atoms with Crippen LogP contribution in [0.3, 0.4) is 0 Å². The number of anilines is 1. The zero-order valence-corrected chi connectivity index (χ0v) is 15.1. The number of sulfonamides is 1. The molecule has 3 aromatic rings. The van der Waals surface area contributed by atoms with E-state index in [0.29, 0.717) is 22.9 Å². The molecular weight excluding hydrogens is 382 g/mol. The molecular formula is C15H16F2N6O3S. The smallest absolute Gasteiger partial charge is 0.324 e. The van der Waals surface area contributed by atoms with Crippen LogP contribution in [0.2, 0.25) is 0 Å². The van der Waals surface area contributed by atoms with Crippen LogP contribution in [0.25, 0.3) is 11.0 Å². The maximum atomic E-state index is 13.7. The molecule has 0 aliphatic carbocycles. The molecule has 1 unspecified atom stereocenters. The summed E-state index contributed by atoms with van der Waals surface area (Å²) in [4.78, 5) is 8.07. The Hall–Kier alpha value is -2.86. The number of fused-ring (bicyclic) bond motifs is 1. The number of halogens is 2. The first-order valence-corrected chi connectivity index (χ1v) is 9.65. The third-order valence-electron chi connectivity index (χ3n) is 3.43. The Labute approximate surface area is 153 Å². The van der Waals surface area contributed by atoms with E-state index in [1.54, 1.807) is 6.92 Å². The highest BCUT2D eigenvalue weighted by molar-refractivity contribution is 7.88. The molecule has 0 bridgehead atoms. The van der Waals surface area contributed by atoms with Gasteiger partial charge in [0.15, 0.2) is 23.0 Å². The zero-order chi connectivity index (χ0) is 19.6. The Morgan fingerprint density at radius 1 is 1.33 bits per heavy atom. The summed E-state index contributed by atoms with van der Waals surface area (Å²) in [6.45, 7) is 1.94. The molecule has 0 fully saturated rings. The minimum atomic E-state index is -3.30. The Balaban J connectivity index is 1.74. The van der Waals surface area contributed by atoms with Crippen molar-refractivity contribution in [2.45, 2.75) is 13.0 Å². The summed E-state index contributed by atoms with van der Waals surface area (Å²) >= 11 is 0. The number of benzene rings is 1. The van der Waals surface area contributed by atoms with Crippen molar-refractivity contribution in [2.75, 3.05) is 18.1 Å². The lowest BCUT2D eigenvalue weighted by atomic mass is 10.3. The van der Waals surface area contributed by atoms with Crippen molar-refractivity contribution >= 4 is 26.9 Å². The van der Waals surface area contributed by atoms with Crippen LogP contribution in [-0.2, 0) is 10.0 Å². The highest BCUT2D eigenvalue weighted by atomic mass is 32.2. The van der Waals surface area contributed by atoms with E-state index >= 15 is 0 Å². The number of ether oxygens (including phenoxy) is 1. The van der Waals surface area contributed by atoms with Gasteiger partial charge in [0.25, 0.3) is 0 Å². The molecule has 0 saturated carbocycles. The van der Waals surface area contributed by atoms with Crippen LogP contribution in [-0.4, -0.2) is 47.4 Å². The minimum absolute atomic E-state index is 0.144. The number of hydrogen-bond acceptors (Lipinski definition) is 7. The lowest BCUT2D eigenvalue weighted by Crippen LogP contribution is -2.34. The maximum Gasteiger partial charge on any atom is 0.324 e. The Morgan fingerprint density at radius 3 is 2.81 bits per heavy atom. The molecule has 1 atom stereocenters. The number of aromatic amines is 1. The van der Waals surface area contributed by atoms with Crippen LogP contribution < -0.4 is 14.8 Å². The monoisotopic (exact) mass is 398 g/mol. The van der Waals surface area contributed by atoms with E-state index in [-0.39, 0.29) is 24.3 Å². The van der Waals surface area contributed by atoms with Crippen molar-refractivity contribution in [3.05, 3.63) is 36.0 Å². The van der Waals surface area contributed by atoms with Gasteiger partial charge in [0, 0.05) is 24.8 Å². The molecule has 3 rings (SSSR count). The van der Waals surface area contributed by atoms with Gasteiger partial charge in [-0.15, -0.1) is 0 Å². The van der Waals surface area contributed by atoms with Crippen LogP contribution >= 0.6 is 0 Å². The van der Waals surface area contributed by atoms with E-state index in [1.807, 2.05) is 0 Å². The predicted molar refractivity (Wildman–Crippen MR) is 94.0 cm³/mol. The van der Waals surface area contributed by atoms with E-state index in [2.05, 4.69) is 30.2 Å². The van der Waals surface area contributed by atoms with E-state index in [0.717, 1.165) is 18.4 Å². The van der Waals surface area contributed by atoms with Gasteiger partial charge in [-0.25, -0.2) is 26.9 Å². The van der Waals surface area contributed by atoms with Crippen molar-refractivity contribution in [1.82, 2.24) is 24.9 Å². The molecule has 1 aromatic carbocycles. The van der Waals surface area contributed by atoms with Gasteiger partial charge in [-0.05, 0) is 19.1 Å². The number of H-pyrrole nitrogens is 1. The fraction of sp³-hybridized carbons (Fsp3) is 0.267. The van der Waals surface area contributed by atoms with Gasteiger partial charge in [-0.1, -0.05) is 0 Å². The maximum absolute atomic E-state index is 13.7. The van der Waals surface area contributed by atoms with Gasteiger partial charge in [0.1, 0.15) is 5.82 Å². The second-order valence-electron chi connectivity index (χ2n) is 5.83. The summed E-state index contributed by atoms with van der Waals surface area (Å²) in [5.41, 5.74) is 0.327. The highest BCUT2D eigenvalue weighted by Gasteiger charge is 2.14. The molecule has 144 valence electrons. The normalized spacial score (nSPS) is 12.9. The molecule has 0 amide bonds. The van der Waals surface area contributed by atoms with Crippen LogP contribution in [0.4, 0.5) is 14.6 Å². The van der Waals surface area contributed by atoms with E-state index in [1.165, 1.54) is 6.20 Å². The van der Waals surface area contributed by atoms with Crippen molar-refractivity contribution in [2.24, 2.45) is 0 Å². The lowest BCUT2D eigenvalue weighted by Gasteiger charge is -2.13. The van der Waals surface area contributed by atoms with Crippen LogP contribution in [0, 0.1) is 11.6 Å². The summed E-state index contributed by atoms with van der Waals surface area (Å²) < 4.78 is 56.5. The Kier molecular flexibility index (Phi) is 5.19. The number of aromatic nitrogens is 4. The number of rotatable bonds is 7. The molecule has 0 aliphatic heterocycles. The first kappa shape index (κ1) is 18.9. The van der Waals surface area contributed by atoms with Crippen LogP contribution in [0.5, 0.6) is 11.8 Å². The SMILES string of the molecule is CC(CNS(C)(=O)=O)Nc1n[nH]c2nc(Oc3ccc(F)cc3F)ncc12. The molecule has 3 N–H and O–H groups in total. The minimum Gasteiger partial charge on any atom is -0.421 e. The molecule has 2 heterocycles. The Bertz CT molecular complexity index is 1070. The first-order chi connectivity index (χ1) is 12.7. The third kappa shape index (κ3) is 4.86. The summed E-state index contributed by atoms with van der Waals surface area (Å²) in [5.74, 6) is -1.39. The largest absolute Gasteiger partial charge is 0.421 e. The number of nitrogens with one attached hydrogen (secondary N) is 3. The lowest BCUT2D eigenvalue weighted by molar-refractivity contribution is 0.409. The number of hydrogen-bond donors (Lipinski definition) is 3. The first-order valence-electron chi connectivity index (χ1n) is 7.76. The number of nitrogens with zero attached hydrogens (tertiary/aromatic N) is 3. The summed E-state index contributed by atoms with van der Waals surface area (Å²) in [7, 11) is -3.30. The predicted octanol–water partition coefficient (Wildman–Crippen LogP) is 1.77. The van der Waals surface area contributed by atoms with Gasteiger partial charge in [-0.2, -0.15) is 10.1 Å². The zero-order valence-electron chi connectivity index (χ0n) is 14.3. The molecule has 0 radical (unpaired) electrons.